The zero-order valence-electron chi connectivity index (χ0n) is 12.3. The van der Waals surface area contributed by atoms with Crippen LogP contribution in [-0.4, -0.2) is 22.7 Å². The molecule has 116 valence electrons. The molecule has 1 aliphatic heterocycles. The second-order valence-electron chi connectivity index (χ2n) is 5.77. The van der Waals surface area contributed by atoms with Crippen molar-refractivity contribution < 1.29 is 14.1 Å². The average molecular weight is 319 g/mol. The fourth-order valence-electron chi connectivity index (χ4n) is 2.83. The molecule has 0 bridgehead atoms. The van der Waals surface area contributed by atoms with E-state index < -0.39 is 0 Å². The zero-order valence-corrected chi connectivity index (χ0v) is 13.2. The summed E-state index contributed by atoms with van der Waals surface area (Å²) in [5, 5.41) is 7.77. The molecule has 1 amide bonds. The molecule has 2 aliphatic rings. The van der Waals surface area contributed by atoms with Crippen molar-refractivity contribution in [1.82, 2.24) is 10.1 Å². The first-order chi connectivity index (χ1) is 10.7. The maximum Gasteiger partial charge on any atom is 0.261 e. The Bertz CT molecular complexity index is 718. The summed E-state index contributed by atoms with van der Waals surface area (Å²) in [6.45, 7) is 3.06. The van der Waals surface area contributed by atoms with Gasteiger partial charge in [0.1, 0.15) is 5.00 Å². The molecule has 1 fully saturated rings. The third-order valence-corrected chi connectivity index (χ3v) is 5.40. The van der Waals surface area contributed by atoms with E-state index in [-0.39, 0.29) is 11.8 Å². The smallest absolute Gasteiger partial charge is 0.261 e. The van der Waals surface area contributed by atoms with E-state index in [2.05, 4.69) is 15.5 Å². The highest BCUT2D eigenvalue weighted by atomic mass is 32.1. The summed E-state index contributed by atoms with van der Waals surface area (Å²) in [5.74, 6) is 1.33. The van der Waals surface area contributed by atoms with Gasteiger partial charge >= 0.3 is 0 Å². The highest BCUT2D eigenvalue weighted by Crippen LogP contribution is 2.43. The molecule has 2 aromatic heterocycles. The SMILES string of the molecule is Cc1noc(-c2c(NC(=O)C3CCC3)sc3c2CCOC3)n1. The molecule has 22 heavy (non-hydrogen) atoms. The van der Waals surface area contributed by atoms with E-state index in [1.165, 1.54) is 5.56 Å². The molecule has 0 aromatic carbocycles. The predicted octanol–water partition coefficient (Wildman–Crippen LogP) is 2.92. The largest absolute Gasteiger partial charge is 0.376 e. The van der Waals surface area contributed by atoms with Crippen molar-refractivity contribution in [2.75, 3.05) is 11.9 Å². The van der Waals surface area contributed by atoms with E-state index >= 15 is 0 Å². The van der Waals surface area contributed by atoms with Crippen LogP contribution in [0.1, 0.15) is 35.5 Å². The van der Waals surface area contributed by atoms with E-state index in [1.54, 1.807) is 18.3 Å². The van der Waals surface area contributed by atoms with Gasteiger partial charge in [0.05, 0.1) is 18.8 Å². The molecule has 0 spiro atoms. The molecule has 2 aromatic rings. The number of aromatic nitrogens is 2. The van der Waals surface area contributed by atoms with Crippen molar-refractivity contribution in [3.05, 3.63) is 16.3 Å². The number of rotatable bonds is 3. The van der Waals surface area contributed by atoms with Crippen LogP contribution in [0.4, 0.5) is 5.00 Å². The van der Waals surface area contributed by atoms with Gasteiger partial charge in [-0.1, -0.05) is 11.6 Å². The van der Waals surface area contributed by atoms with Crippen LogP contribution in [0.2, 0.25) is 0 Å². The molecular formula is C15H17N3O3S. The predicted molar refractivity (Wildman–Crippen MR) is 81.7 cm³/mol. The molecule has 0 radical (unpaired) electrons. The molecular weight excluding hydrogens is 302 g/mol. The number of carbonyl (C=O) groups excluding carboxylic acids is 1. The summed E-state index contributed by atoms with van der Waals surface area (Å²) in [4.78, 5) is 17.8. The quantitative estimate of drug-likeness (QED) is 0.941. The van der Waals surface area contributed by atoms with Gasteiger partial charge < -0.3 is 14.6 Å². The van der Waals surface area contributed by atoms with Gasteiger partial charge in [-0.2, -0.15) is 4.98 Å². The average Bonchev–Trinajstić information content (AvgIpc) is 2.99. The summed E-state index contributed by atoms with van der Waals surface area (Å²) < 4.78 is 10.9. The number of hydrogen-bond acceptors (Lipinski definition) is 6. The summed E-state index contributed by atoms with van der Waals surface area (Å²) >= 11 is 1.56. The van der Waals surface area contributed by atoms with Crippen LogP contribution in [0.15, 0.2) is 4.52 Å². The van der Waals surface area contributed by atoms with E-state index in [1.807, 2.05) is 0 Å². The number of fused-ring (bicyclic) bond motifs is 1. The number of hydrogen-bond donors (Lipinski definition) is 1. The van der Waals surface area contributed by atoms with E-state index in [0.717, 1.165) is 41.1 Å². The first-order valence-electron chi connectivity index (χ1n) is 7.56. The lowest BCUT2D eigenvalue weighted by Gasteiger charge is -2.23. The minimum absolute atomic E-state index is 0.100. The maximum atomic E-state index is 12.3. The van der Waals surface area contributed by atoms with Gasteiger partial charge in [-0.25, -0.2) is 0 Å². The van der Waals surface area contributed by atoms with Gasteiger partial charge in [0.25, 0.3) is 5.89 Å². The van der Waals surface area contributed by atoms with Crippen LogP contribution >= 0.6 is 11.3 Å². The van der Waals surface area contributed by atoms with Crippen LogP contribution in [0.5, 0.6) is 0 Å². The molecule has 3 heterocycles. The molecule has 4 rings (SSSR count). The summed E-state index contributed by atoms with van der Waals surface area (Å²) in [6, 6.07) is 0. The lowest BCUT2D eigenvalue weighted by molar-refractivity contribution is -0.122. The highest BCUT2D eigenvalue weighted by molar-refractivity contribution is 7.17. The van der Waals surface area contributed by atoms with Crippen LogP contribution in [-0.2, 0) is 22.6 Å². The lowest BCUT2D eigenvalue weighted by Crippen LogP contribution is -2.27. The van der Waals surface area contributed by atoms with E-state index in [4.69, 9.17) is 9.26 Å². The Kier molecular flexibility index (Phi) is 3.46. The normalized spacial score (nSPS) is 17.9. The van der Waals surface area contributed by atoms with Crippen molar-refractivity contribution in [2.45, 2.75) is 39.2 Å². The molecule has 6 nitrogen and oxygen atoms in total. The molecule has 1 N–H and O–H groups in total. The Morgan fingerprint density at radius 1 is 1.41 bits per heavy atom. The lowest BCUT2D eigenvalue weighted by atomic mass is 9.85. The van der Waals surface area contributed by atoms with Crippen LogP contribution < -0.4 is 5.32 Å². The van der Waals surface area contributed by atoms with Crippen molar-refractivity contribution in [3.63, 3.8) is 0 Å². The number of ether oxygens (including phenoxy) is 1. The van der Waals surface area contributed by atoms with Crippen LogP contribution in [0.25, 0.3) is 11.5 Å². The fourth-order valence-corrected chi connectivity index (χ4v) is 4.01. The monoisotopic (exact) mass is 319 g/mol. The van der Waals surface area contributed by atoms with Crippen molar-refractivity contribution in [3.8, 4) is 11.5 Å². The Hall–Kier alpha value is -1.73. The van der Waals surface area contributed by atoms with Crippen molar-refractivity contribution in [1.29, 1.82) is 0 Å². The van der Waals surface area contributed by atoms with Gasteiger partial charge in [0, 0.05) is 10.8 Å². The minimum atomic E-state index is 0.100. The van der Waals surface area contributed by atoms with E-state index in [9.17, 15) is 4.79 Å². The number of amides is 1. The van der Waals surface area contributed by atoms with Gasteiger partial charge in [0.15, 0.2) is 5.82 Å². The first kappa shape index (κ1) is 13.9. The van der Waals surface area contributed by atoms with Gasteiger partial charge in [-0.05, 0) is 31.7 Å². The van der Waals surface area contributed by atoms with Crippen molar-refractivity contribution in [2.24, 2.45) is 5.92 Å². The molecule has 1 saturated carbocycles. The van der Waals surface area contributed by atoms with Gasteiger partial charge in [0.2, 0.25) is 5.91 Å². The number of anilines is 1. The molecule has 7 heteroatoms. The highest BCUT2D eigenvalue weighted by Gasteiger charge is 2.30. The fraction of sp³-hybridized carbons (Fsp3) is 0.533. The Labute approximate surface area is 131 Å². The standard InChI is InChI=1S/C15H17N3O3S/c1-8-16-14(21-18-8)12-10-5-6-20-7-11(10)22-15(12)17-13(19)9-3-2-4-9/h9H,2-7H2,1H3,(H,17,19). The Morgan fingerprint density at radius 2 is 2.27 bits per heavy atom. The third kappa shape index (κ3) is 2.34. The number of nitrogens with one attached hydrogen (secondary N) is 1. The number of thiophene rings is 1. The first-order valence-corrected chi connectivity index (χ1v) is 8.38. The Balaban J connectivity index is 1.72. The summed E-state index contributed by atoms with van der Waals surface area (Å²) in [6.07, 6.45) is 3.91. The minimum Gasteiger partial charge on any atom is -0.376 e. The maximum absolute atomic E-state index is 12.3. The van der Waals surface area contributed by atoms with Gasteiger partial charge in [-0.15, -0.1) is 11.3 Å². The summed E-state index contributed by atoms with van der Waals surface area (Å²) in [7, 11) is 0. The zero-order chi connectivity index (χ0) is 15.1. The number of carbonyl (C=O) groups is 1. The summed E-state index contributed by atoms with van der Waals surface area (Å²) in [5.41, 5.74) is 2.06. The second-order valence-corrected chi connectivity index (χ2v) is 6.88. The Morgan fingerprint density at radius 3 is 2.95 bits per heavy atom. The topological polar surface area (TPSA) is 77.2 Å². The molecule has 0 atom stereocenters. The second kappa shape index (κ2) is 5.48. The third-order valence-electron chi connectivity index (χ3n) is 4.27. The van der Waals surface area contributed by atoms with Crippen molar-refractivity contribution >= 4 is 22.2 Å². The van der Waals surface area contributed by atoms with Gasteiger partial charge in [-0.3, -0.25) is 4.79 Å². The number of nitrogens with zero attached hydrogens (tertiary/aromatic N) is 2. The van der Waals surface area contributed by atoms with E-state index in [0.29, 0.717) is 24.9 Å². The number of aryl methyl sites for hydroxylation is 1. The molecule has 0 saturated heterocycles. The van der Waals surface area contributed by atoms with Crippen LogP contribution in [0.3, 0.4) is 0 Å². The molecule has 1 aliphatic carbocycles. The van der Waals surface area contributed by atoms with Crippen LogP contribution in [0, 0.1) is 12.8 Å². The molecule has 0 unspecified atom stereocenters.